The summed E-state index contributed by atoms with van der Waals surface area (Å²) in [6, 6.07) is 14.3. The van der Waals surface area contributed by atoms with E-state index in [2.05, 4.69) is 0 Å². The average molecular weight is 349 g/mol. The van der Waals surface area contributed by atoms with E-state index in [0.717, 1.165) is 10.5 Å². The van der Waals surface area contributed by atoms with Gasteiger partial charge in [-0.05, 0) is 31.2 Å². The number of benzene rings is 3. The van der Waals surface area contributed by atoms with Gasteiger partial charge in [0.15, 0.2) is 23.3 Å². The number of aryl methyl sites for hydroxylation is 1. The topological polar surface area (TPSA) is 3.24 Å². The van der Waals surface area contributed by atoms with Crippen LogP contribution in [0, 0.1) is 36.0 Å². The monoisotopic (exact) mass is 349 g/mol. The summed E-state index contributed by atoms with van der Waals surface area (Å²) in [5.41, 5.74) is 0.384. The minimum Gasteiger partial charge on any atom is -0.305 e. The van der Waals surface area contributed by atoms with Gasteiger partial charge in [-0.3, -0.25) is 0 Å². The summed E-state index contributed by atoms with van der Waals surface area (Å²) in [6.45, 7) is 1.81. The average Bonchev–Trinajstić information content (AvgIpc) is 2.64. The highest BCUT2D eigenvalue weighted by Crippen LogP contribution is 2.40. The van der Waals surface area contributed by atoms with E-state index < -0.39 is 34.8 Å². The Morgan fingerprint density at radius 2 is 1.00 bits per heavy atom. The van der Waals surface area contributed by atoms with Gasteiger partial charge in [0.2, 0.25) is 5.82 Å². The number of nitrogens with zero attached hydrogens (tertiary/aromatic N) is 1. The van der Waals surface area contributed by atoms with Crippen molar-refractivity contribution in [1.29, 1.82) is 0 Å². The van der Waals surface area contributed by atoms with Gasteiger partial charge in [-0.1, -0.05) is 35.9 Å². The molecule has 0 amide bonds. The van der Waals surface area contributed by atoms with Crippen LogP contribution in [0.1, 0.15) is 5.56 Å². The van der Waals surface area contributed by atoms with Crippen LogP contribution >= 0.6 is 0 Å². The quantitative estimate of drug-likeness (QED) is 0.311. The van der Waals surface area contributed by atoms with Gasteiger partial charge in [-0.15, -0.1) is 0 Å². The maximum atomic E-state index is 14.3. The lowest BCUT2D eigenvalue weighted by Crippen LogP contribution is -2.17. The van der Waals surface area contributed by atoms with Crippen molar-refractivity contribution in [3.8, 4) is 0 Å². The van der Waals surface area contributed by atoms with E-state index in [1.807, 2.05) is 6.92 Å². The fraction of sp³-hybridized carbons (Fsp3) is 0.0526. The molecule has 3 aromatic carbocycles. The molecule has 3 aromatic rings. The first kappa shape index (κ1) is 17.0. The number of anilines is 3. The summed E-state index contributed by atoms with van der Waals surface area (Å²) in [5.74, 6) is -9.93. The van der Waals surface area contributed by atoms with Crippen LogP contribution in [0.3, 0.4) is 0 Å². The molecule has 0 atom stereocenters. The molecule has 0 bridgehead atoms. The summed E-state index contributed by atoms with van der Waals surface area (Å²) >= 11 is 0. The lowest BCUT2D eigenvalue weighted by Gasteiger charge is -2.26. The van der Waals surface area contributed by atoms with E-state index in [1.54, 1.807) is 42.5 Å². The van der Waals surface area contributed by atoms with Crippen LogP contribution in [-0.4, -0.2) is 0 Å². The Bertz CT molecular complexity index is 878. The number of hydrogen-bond donors (Lipinski definition) is 0. The highest BCUT2D eigenvalue weighted by molar-refractivity contribution is 5.77. The van der Waals surface area contributed by atoms with Gasteiger partial charge in [-0.2, -0.15) is 0 Å². The van der Waals surface area contributed by atoms with Crippen LogP contribution < -0.4 is 4.90 Å². The predicted molar refractivity (Wildman–Crippen MR) is 85.7 cm³/mol. The molecule has 0 N–H and O–H groups in total. The molecule has 0 unspecified atom stereocenters. The van der Waals surface area contributed by atoms with Gasteiger partial charge in [-0.25, -0.2) is 22.0 Å². The van der Waals surface area contributed by atoms with Crippen molar-refractivity contribution in [3.05, 3.63) is 89.2 Å². The fourth-order valence-corrected chi connectivity index (χ4v) is 2.47. The Morgan fingerprint density at radius 3 is 1.52 bits per heavy atom. The van der Waals surface area contributed by atoms with Crippen molar-refractivity contribution in [3.63, 3.8) is 0 Å². The van der Waals surface area contributed by atoms with Gasteiger partial charge < -0.3 is 4.90 Å². The van der Waals surface area contributed by atoms with Gasteiger partial charge in [0.05, 0.1) is 0 Å². The molecule has 0 aliphatic carbocycles. The second kappa shape index (κ2) is 6.55. The van der Waals surface area contributed by atoms with Crippen LogP contribution in [0.15, 0.2) is 54.6 Å². The van der Waals surface area contributed by atoms with Crippen LogP contribution in [0.4, 0.5) is 39.0 Å². The second-order valence-electron chi connectivity index (χ2n) is 5.43. The Kier molecular flexibility index (Phi) is 4.44. The first-order valence-corrected chi connectivity index (χ1v) is 7.35. The molecule has 128 valence electrons. The minimum absolute atomic E-state index is 0.259. The van der Waals surface area contributed by atoms with Crippen LogP contribution in [0.25, 0.3) is 0 Å². The molecule has 0 aliphatic heterocycles. The molecule has 0 radical (unpaired) electrons. The number of hydrogen-bond acceptors (Lipinski definition) is 1. The van der Waals surface area contributed by atoms with Crippen molar-refractivity contribution in [2.75, 3.05) is 4.90 Å². The van der Waals surface area contributed by atoms with Crippen LogP contribution in [0.5, 0.6) is 0 Å². The molecule has 6 heteroatoms. The van der Waals surface area contributed by atoms with Gasteiger partial charge >= 0.3 is 0 Å². The minimum atomic E-state index is -2.18. The first-order chi connectivity index (χ1) is 11.9. The second-order valence-corrected chi connectivity index (χ2v) is 5.43. The number of rotatable bonds is 3. The van der Waals surface area contributed by atoms with Crippen molar-refractivity contribution >= 4 is 17.1 Å². The summed E-state index contributed by atoms with van der Waals surface area (Å²) in [7, 11) is 0. The molecule has 0 saturated heterocycles. The molecule has 0 saturated carbocycles. The van der Waals surface area contributed by atoms with E-state index in [1.165, 1.54) is 12.1 Å². The standard InChI is InChI=1S/C19H12F5N/c1-11-7-9-13(10-8-11)25(12-5-3-2-4-6-12)19-17(23)15(21)14(20)16(22)18(19)24/h2-10H,1H3. The van der Waals surface area contributed by atoms with Crippen LogP contribution in [0.2, 0.25) is 0 Å². The molecule has 25 heavy (non-hydrogen) atoms. The van der Waals surface area contributed by atoms with Crippen molar-refractivity contribution in [1.82, 2.24) is 0 Å². The third-order valence-electron chi connectivity index (χ3n) is 3.72. The zero-order chi connectivity index (χ0) is 18.1. The molecule has 3 rings (SSSR count). The maximum absolute atomic E-state index is 14.3. The number of para-hydroxylation sites is 1. The third-order valence-corrected chi connectivity index (χ3v) is 3.72. The molecule has 0 spiro atoms. The molecule has 0 aliphatic rings. The third kappa shape index (κ3) is 2.95. The summed E-state index contributed by atoms with van der Waals surface area (Å²) in [5, 5.41) is 0. The lowest BCUT2D eigenvalue weighted by atomic mass is 10.1. The Morgan fingerprint density at radius 1 is 0.560 bits per heavy atom. The van der Waals surface area contributed by atoms with E-state index >= 15 is 0 Å². The molecule has 0 aromatic heterocycles. The van der Waals surface area contributed by atoms with Gasteiger partial charge in [0.1, 0.15) is 5.69 Å². The Labute approximate surface area is 140 Å². The van der Waals surface area contributed by atoms with E-state index in [4.69, 9.17) is 0 Å². The van der Waals surface area contributed by atoms with E-state index in [9.17, 15) is 22.0 Å². The number of halogens is 5. The Balaban J connectivity index is 2.32. The highest BCUT2D eigenvalue weighted by atomic mass is 19.2. The summed E-state index contributed by atoms with van der Waals surface area (Å²) in [6.07, 6.45) is 0. The van der Waals surface area contributed by atoms with Crippen LogP contribution in [-0.2, 0) is 0 Å². The smallest absolute Gasteiger partial charge is 0.200 e. The summed E-state index contributed by atoms with van der Waals surface area (Å²) < 4.78 is 69.4. The normalized spacial score (nSPS) is 10.8. The molecular weight excluding hydrogens is 337 g/mol. The zero-order valence-electron chi connectivity index (χ0n) is 13.0. The summed E-state index contributed by atoms with van der Waals surface area (Å²) in [4.78, 5) is 0.996. The predicted octanol–water partition coefficient (Wildman–Crippen LogP) is 6.16. The van der Waals surface area contributed by atoms with E-state index in [0.29, 0.717) is 0 Å². The first-order valence-electron chi connectivity index (χ1n) is 7.35. The Hall–Kier alpha value is -2.89. The van der Waals surface area contributed by atoms with Crippen molar-refractivity contribution in [2.24, 2.45) is 0 Å². The van der Waals surface area contributed by atoms with Gasteiger partial charge in [0, 0.05) is 11.4 Å². The largest absolute Gasteiger partial charge is 0.305 e. The highest BCUT2D eigenvalue weighted by Gasteiger charge is 2.30. The van der Waals surface area contributed by atoms with E-state index in [-0.39, 0.29) is 11.4 Å². The molecule has 0 fully saturated rings. The molecule has 0 heterocycles. The molecule has 1 nitrogen and oxygen atoms in total. The SMILES string of the molecule is Cc1ccc(N(c2ccccc2)c2c(F)c(F)c(F)c(F)c2F)cc1. The van der Waals surface area contributed by atoms with Gasteiger partial charge in [0.25, 0.3) is 0 Å². The fourth-order valence-electron chi connectivity index (χ4n) is 2.47. The van der Waals surface area contributed by atoms with Crippen molar-refractivity contribution in [2.45, 2.75) is 6.92 Å². The zero-order valence-corrected chi connectivity index (χ0v) is 13.0. The molecular formula is C19H12F5N. The lowest BCUT2D eigenvalue weighted by molar-refractivity contribution is 0.380. The van der Waals surface area contributed by atoms with Crippen molar-refractivity contribution < 1.29 is 22.0 Å². The maximum Gasteiger partial charge on any atom is 0.200 e.